The second kappa shape index (κ2) is 2.67. The van der Waals surface area contributed by atoms with Gasteiger partial charge in [0.1, 0.15) is 5.52 Å². The van der Waals surface area contributed by atoms with E-state index in [4.69, 9.17) is 0 Å². The van der Waals surface area contributed by atoms with Gasteiger partial charge in [0.15, 0.2) is 0 Å². The molecule has 0 aliphatic heterocycles. The normalized spacial score (nSPS) is 11.2. The monoisotopic (exact) mass is 295 g/mol. The lowest BCUT2D eigenvalue weighted by Crippen LogP contribution is -1.65. The third-order valence-electron chi connectivity index (χ3n) is 1.48. The van der Waals surface area contributed by atoms with Crippen molar-refractivity contribution in [3.63, 3.8) is 0 Å². The van der Waals surface area contributed by atoms with Gasteiger partial charge in [0.25, 0.3) is 0 Å². The molecule has 0 N–H and O–H groups in total. The SMILES string of the molecule is Cc1nc2c(I)sc(C)c2s1. The number of halogens is 1. The molecule has 0 aromatic carbocycles. The number of hydrogen-bond acceptors (Lipinski definition) is 3. The third kappa shape index (κ3) is 1.21. The molecular weight excluding hydrogens is 289 g/mol. The van der Waals surface area contributed by atoms with Gasteiger partial charge in [0, 0.05) is 4.88 Å². The molecule has 0 aliphatic rings. The van der Waals surface area contributed by atoms with Crippen molar-refractivity contribution in [2.24, 2.45) is 0 Å². The molecule has 2 aromatic heterocycles. The number of rotatable bonds is 0. The van der Waals surface area contributed by atoms with E-state index in [1.807, 2.05) is 11.3 Å². The van der Waals surface area contributed by atoms with E-state index in [-0.39, 0.29) is 0 Å². The van der Waals surface area contributed by atoms with Crippen molar-refractivity contribution in [2.45, 2.75) is 13.8 Å². The molecule has 0 atom stereocenters. The van der Waals surface area contributed by atoms with Gasteiger partial charge in [-0.3, -0.25) is 0 Å². The molecule has 0 spiro atoms. The number of aromatic nitrogens is 1. The minimum absolute atomic E-state index is 1.17. The number of aryl methyl sites for hydroxylation is 2. The fourth-order valence-corrected chi connectivity index (χ4v) is 4.43. The Morgan fingerprint density at radius 3 is 2.64 bits per heavy atom. The van der Waals surface area contributed by atoms with Crippen LogP contribution in [0.2, 0.25) is 0 Å². The molecule has 2 aromatic rings. The van der Waals surface area contributed by atoms with E-state index < -0.39 is 0 Å². The van der Waals surface area contributed by atoms with Crippen LogP contribution in [0.3, 0.4) is 0 Å². The van der Waals surface area contributed by atoms with Crippen LogP contribution < -0.4 is 0 Å². The van der Waals surface area contributed by atoms with Crippen LogP contribution in [0, 0.1) is 16.7 Å². The number of nitrogens with zero attached hydrogens (tertiary/aromatic N) is 1. The third-order valence-corrected chi connectivity index (χ3v) is 4.76. The molecular formula is C7H6INS2. The number of hydrogen-bond donors (Lipinski definition) is 0. The fraction of sp³-hybridized carbons (Fsp3) is 0.286. The Hall–Kier alpha value is 0.320. The van der Waals surface area contributed by atoms with Crippen molar-refractivity contribution < 1.29 is 0 Å². The lowest BCUT2D eigenvalue weighted by molar-refractivity contribution is 1.35. The molecule has 0 unspecified atom stereocenters. The predicted octanol–water partition coefficient (Wildman–Crippen LogP) is 3.58. The zero-order valence-electron chi connectivity index (χ0n) is 6.14. The maximum absolute atomic E-state index is 4.45. The van der Waals surface area contributed by atoms with Crippen LogP contribution in [0.4, 0.5) is 0 Å². The molecule has 0 amide bonds. The first kappa shape index (κ1) is 7.94. The Bertz CT molecular complexity index is 367. The van der Waals surface area contributed by atoms with Crippen molar-refractivity contribution in [3.05, 3.63) is 12.8 Å². The summed E-state index contributed by atoms with van der Waals surface area (Å²) >= 11 is 5.98. The lowest BCUT2D eigenvalue weighted by Gasteiger charge is -1.77. The summed E-state index contributed by atoms with van der Waals surface area (Å²) in [6, 6.07) is 0. The summed E-state index contributed by atoms with van der Waals surface area (Å²) in [6.45, 7) is 4.22. The summed E-state index contributed by atoms with van der Waals surface area (Å²) < 4.78 is 2.69. The molecule has 1 nitrogen and oxygen atoms in total. The van der Waals surface area contributed by atoms with Gasteiger partial charge in [-0.15, -0.1) is 22.7 Å². The number of fused-ring (bicyclic) bond motifs is 1. The Kier molecular flexibility index (Phi) is 1.93. The van der Waals surface area contributed by atoms with Crippen LogP contribution >= 0.6 is 45.3 Å². The maximum atomic E-state index is 4.45. The zero-order valence-corrected chi connectivity index (χ0v) is 9.93. The summed E-state index contributed by atoms with van der Waals surface area (Å²) in [5, 5.41) is 1.17. The van der Waals surface area contributed by atoms with Crippen molar-refractivity contribution in [3.8, 4) is 0 Å². The van der Waals surface area contributed by atoms with Gasteiger partial charge < -0.3 is 0 Å². The highest BCUT2D eigenvalue weighted by molar-refractivity contribution is 14.1. The van der Waals surface area contributed by atoms with Crippen LogP contribution in [-0.4, -0.2) is 4.98 Å². The Labute approximate surface area is 86.6 Å². The molecule has 0 saturated carbocycles. The molecule has 11 heavy (non-hydrogen) atoms. The maximum Gasteiger partial charge on any atom is 0.106 e. The van der Waals surface area contributed by atoms with Crippen LogP contribution in [0.1, 0.15) is 9.88 Å². The molecule has 0 aliphatic carbocycles. The average molecular weight is 295 g/mol. The molecule has 2 rings (SSSR count). The van der Waals surface area contributed by atoms with E-state index in [9.17, 15) is 0 Å². The highest BCUT2D eigenvalue weighted by Crippen LogP contribution is 2.34. The number of thiophene rings is 1. The summed E-state index contributed by atoms with van der Waals surface area (Å²) in [4.78, 5) is 5.85. The van der Waals surface area contributed by atoms with Crippen LogP contribution in [0.25, 0.3) is 10.2 Å². The predicted molar refractivity (Wildman–Crippen MR) is 59.7 cm³/mol. The molecule has 0 fully saturated rings. The molecule has 4 heteroatoms. The van der Waals surface area contributed by atoms with Gasteiger partial charge in [-0.05, 0) is 36.4 Å². The van der Waals surface area contributed by atoms with Gasteiger partial charge in [0.2, 0.25) is 0 Å². The molecule has 0 radical (unpaired) electrons. The Morgan fingerprint density at radius 1 is 1.27 bits per heavy atom. The van der Waals surface area contributed by atoms with Gasteiger partial charge in [-0.1, -0.05) is 0 Å². The first-order chi connectivity index (χ1) is 5.18. The highest BCUT2D eigenvalue weighted by Gasteiger charge is 2.09. The minimum Gasteiger partial charge on any atom is -0.239 e. The highest BCUT2D eigenvalue weighted by atomic mass is 127. The lowest BCUT2D eigenvalue weighted by atomic mass is 10.5. The molecule has 58 valence electrons. The van der Waals surface area contributed by atoms with E-state index in [1.165, 1.54) is 23.0 Å². The van der Waals surface area contributed by atoms with Crippen molar-refractivity contribution >= 4 is 55.5 Å². The molecule has 0 bridgehead atoms. The largest absolute Gasteiger partial charge is 0.239 e. The van der Waals surface area contributed by atoms with Crippen molar-refractivity contribution in [1.29, 1.82) is 0 Å². The fourth-order valence-electron chi connectivity index (χ4n) is 1.03. The van der Waals surface area contributed by atoms with E-state index in [2.05, 4.69) is 41.4 Å². The van der Waals surface area contributed by atoms with Gasteiger partial charge in [0.05, 0.1) is 12.6 Å². The molecule has 2 heterocycles. The topological polar surface area (TPSA) is 12.9 Å². The second-order valence-corrected chi connectivity index (χ2v) is 6.58. The minimum atomic E-state index is 1.17. The second-order valence-electron chi connectivity index (χ2n) is 2.34. The molecule has 0 saturated heterocycles. The van der Waals surface area contributed by atoms with Gasteiger partial charge in [-0.2, -0.15) is 0 Å². The van der Waals surface area contributed by atoms with Crippen molar-refractivity contribution in [1.82, 2.24) is 4.98 Å². The van der Waals surface area contributed by atoms with E-state index in [0.717, 1.165) is 0 Å². The smallest absolute Gasteiger partial charge is 0.106 e. The van der Waals surface area contributed by atoms with Crippen LogP contribution in [-0.2, 0) is 0 Å². The average Bonchev–Trinajstić information content (AvgIpc) is 2.38. The number of thiazole rings is 1. The Balaban J connectivity index is 2.92. The van der Waals surface area contributed by atoms with E-state index in [1.54, 1.807) is 11.3 Å². The summed E-state index contributed by atoms with van der Waals surface area (Å²) in [6.07, 6.45) is 0. The summed E-state index contributed by atoms with van der Waals surface area (Å²) in [5.74, 6) is 0. The Morgan fingerprint density at radius 2 is 2.00 bits per heavy atom. The quantitative estimate of drug-likeness (QED) is 0.677. The van der Waals surface area contributed by atoms with Crippen molar-refractivity contribution in [2.75, 3.05) is 0 Å². The van der Waals surface area contributed by atoms with Gasteiger partial charge in [-0.25, -0.2) is 4.98 Å². The first-order valence-corrected chi connectivity index (χ1v) is 5.91. The summed E-state index contributed by atoms with van der Waals surface area (Å²) in [5.41, 5.74) is 1.20. The van der Waals surface area contributed by atoms with Crippen LogP contribution in [0.5, 0.6) is 0 Å². The first-order valence-electron chi connectivity index (χ1n) is 3.20. The zero-order chi connectivity index (χ0) is 8.01. The van der Waals surface area contributed by atoms with E-state index in [0.29, 0.717) is 0 Å². The van der Waals surface area contributed by atoms with E-state index >= 15 is 0 Å². The van der Waals surface area contributed by atoms with Crippen LogP contribution in [0.15, 0.2) is 0 Å². The van der Waals surface area contributed by atoms with Gasteiger partial charge >= 0.3 is 0 Å². The summed E-state index contributed by atoms with van der Waals surface area (Å²) in [7, 11) is 0. The standard InChI is InChI=1S/C7H6INS2/c1-3-6-5(7(8)10-3)9-4(2)11-6/h1-2H3.